The van der Waals surface area contributed by atoms with E-state index in [0.29, 0.717) is 5.52 Å². The summed E-state index contributed by atoms with van der Waals surface area (Å²) in [4.78, 5) is 6.65. The van der Waals surface area contributed by atoms with E-state index >= 15 is 0 Å². The van der Waals surface area contributed by atoms with Crippen molar-refractivity contribution >= 4 is 32.5 Å². The van der Waals surface area contributed by atoms with Gasteiger partial charge in [-0.15, -0.1) is 0 Å². The second-order valence-electron chi connectivity index (χ2n) is 4.73. The third-order valence-corrected chi connectivity index (χ3v) is 4.43. The molecular weight excluding hydrogens is 309 g/mol. The molecule has 0 spiro atoms. The molecule has 0 unspecified atom stereocenters. The van der Waals surface area contributed by atoms with E-state index < -0.39 is 0 Å². The predicted octanol–water partition coefficient (Wildman–Crippen LogP) is 2.85. The quantitative estimate of drug-likeness (QED) is 0.874. The van der Waals surface area contributed by atoms with Gasteiger partial charge in [-0.05, 0) is 28.9 Å². The summed E-state index contributed by atoms with van der Waals surface area (Å²) in [7, 11) is 0. The Morgan fingerprint density at radius 2 is 2.05 bits per heavy atom. The van der Waals surface area contributed by atoms with E-state index in [4.69, 9.17) is 0 Å². The Kier molecular flexibility index (Phi) is 3.41. The Hall–Kier alpha value is -1.20. The number of hydrogen-bond donors (Lipinski definition) is 1. The minimum absolute atomic E-state index is 0.260. The van der Waals surface area contributed by atoms with Gasteiger partial charge < -0.3 is 10.2 Å². The molecule has 100 valence electrons. The lowest BCUT2D eigenvalue weighted by Crippen LogP contribution is -2.43. The van der Waals surface area contributed by atoms with Gasteiger partial charge in [-0.25, -0.2) is 9.37 Å². The van der Waals surface area contributed by atoms with Gasteiger partial charge in [-0.1, -0.05) is 12.1 Å². The molecule has 1 saturated heterocycles. The van der Waals surface area contributed by atoms with Gasteiger partial charge >= 0.3 is 0 Å². The average Bonchev–Trinajstić information content (AvgIpc) is 2.42. The zero-order valence-electron chi connectivity index (χ0n) is 10.7. The fourth-order valence-corrected chi connectivity index (χ4v) is 3.08. The normalized spacial score (nSPS) is 16.1. The number of aromatic nitrogens is 1. The molecular formula is C14H15BrFN3. The lowest BCUT2D eigenvalue weighted by Gasteiger charge is -2.31. The number of aryl methyl sites for hydroxylation is 1. The molecule has 1 aliphatic rings. The minimum Gasteiger partial charge on any atom is -0.367 e. The molecule has 5 heteroatoms. The standard InChI is InChI=1S/C14H15BrFN3/c1-9-12(15)14(19-7-5-17-6-8-19)10-3-2-4-11(16)13(10)18-9/h2-4,17H,5-8H2,1H3. The van der Waals surface area contributed by atoms with E-state index in [9.17, 15) is 4.39 Å². The molecule has 0 aliphatic carbocycles. The third kappa shape index (κ3) is 2.21. The maximum Gasteiger partial charge on any atom is 0.149 e. The van der Waals surface area contributed by atoms with Crippen LogP contribution in [0.25, 0.3) is 10.9 Å². The minimum atomic E-state index is -0.260. The van der Waals surface area contributed by atoms with Crippen LogP contribution >= 0.6 is 15.9 Å². The molecule has 19 heavy (non-hydrogen) atoms. The maximum absolute atomic E-state index is 13.9. The van der Waals surface area contributed by atoms with Crippen LogP contribution in [0.4, 0.5) is 10.1 Å². The van der Waals surface area contributed by atoms with Crippen LogP contribution < -0.4 is 10.2 Å². The van der Waals surface area contributed by atoms with Crippen LogP contribution in [-0.4, -0.2) is 31.2 Å². The maximum atomic E-state index is 13.9. The van der Waals surface area contributed by atoms with Gasteiger partial charge in [-0.3, -0.25) is 0 Å². The number of benzene rings is 1. The van der Waals surface area contributed by atoms with Crippen LogP contribution in [-0.2, 0) is 0 Å². The molecule has 0 amide bonds. The first kappa shape index (κ1) is 12.8. The Morgan fingerprint density at radius 1 is 1.32 bits per heavy atom. The van der Waals surface area contributed by atoms with Crippen LogP contribution in [0, 0.1) is 12.7 Å². The van der Waals surface area contributed by atoms with Crippen LogP contribution in [0.15, 0.2) is 22.7 Å². The fourth-order valence-electron chi connectivity index (χ4n) is 2.52. The number of nitrogens with one attached hydrogen (secondary N) is 1. The second-order valence-corrected chi connectivity index (χ2v) is 5.53. The molecule has 3 rings (SSSR count). The predicted molar refractivity (Wildman–Crippen MR) is 79.2 cm³/mol. The van der Waals surface area contributed by atoms with Gasteiger partial charge in [0, 0.05) is 31.6 Å². The summed E-state index contributed by atoms with van der Waals surface area (Å²) in [5.41, 5.74) is 2.34. The molecule has 2 heterocycles. The van der Waals surface area contributed by atoms with E-state index in [1.54, 1.807) is 6.07 Å². The van der Waals surface area contributed by atoms with E-state index in [-0.39, 0.29) is 5.82 Å². The summed E-state index contributed by atoms with van der Waals surface area (Å²) >= 11 is 3.61. The van der Waals surface area contributed by atoms with Crippen LogP contribution in [0.1, 0.15) is 5.69 Å². The van der Waals surface area contributed by atoms with E-state index in [0.717, 1.165) is 47.4 Å². The molecule has 0 saturated carbocycles. The van der Waals surface area contributed by atoms with Crippen molar-refractivity contribution in [2.45, 2.75) is 6.92 Å². The first-order chi connectivity index (χ1) is 9.18. The Balaban J connectivity index is 2.25. The molecule has 3 nitrogen and oxygen atoms in total. The summed E-state index contributed by atoms with van der Waals surface area (Å²) in [6, 6.07) is 5.14. The number of pyridine rings is 1. The molecule has 1 aromatic heterocycles. The smallest absolute Gasteiger partial charge is 0.149 e. The Bertz CT molecular complexity index is 624. The summed E-state index contributed by atoms with van der Waals surface area (Å²) in [5.74, 6) is -0.260. The molecule has 0 atom stereocenters. The number of fused-ring (bicyclic) bond motifs is 1. The zero-order valence-corrected chi connectivity index (χ0v) is 12.3. The van der Waals surface area contributed by atoms with Gasteiger partial charge in [0.15, 0.2) is 0 Å². The largest absolute Gasteiger partial charge is 0.367 e. The van der Waals surface area contributed by atoms with Gasteiger partial charge in [0.2, 0.25) is 0 Å². The first-order valence-corrected chi connectivity index (χ1v) is 7.18. The number of rotatable bonds is 1. The van der Waals surface area contributed by atoms with Crippen molar-refractivity contribution in [2.24, 2.45) is 0 Å². The first-order valence-electron chi connectivity index (χ1n) is 6.38. The number of para-hydroxylation sites is 1. The molecule has 0 radical (unpaired) electrons. The molecule has 2 aromatic rings. The number of hydrogen-bond acceptors (Lipinski definition) is 3. The molecule has 1 N–H and O–H groups in total. The molecule has 1 aliphatic heterocycles. The number of anilines is 1. The van der Waals surface area contributed by atoms with Crippen molar-refractivity contribution in [3.63, 3.8) is 0 Å². The van der Waals surface area contributed by atoms with Gasteiger partial charge in [0.1, 0.15) is 11.3 Å². The zero-order chi connectivity index (χ0) is 13.4. The van der Waals surface area contributed by atoms with Gasteiger partial charge in [-0.2, -0.15) is 0 Å². The van der Waals surface area contributed by atoms with E-state index in [1.165, 1.54) is 6.07 Å². The highest BCUT2D eigenvalue weighted by molar-refractivity contribution is 9.10. The third-order valence-electron chi connectivity index (χ3n) is 3.48. The van der Waals surface area contributed by atoms with Gasteiger partial charge in [0.05, 0.1) is 15.9 Å². The second kappa shape index (κ2) is 5.06. The number of nitrogens with zero attached hydrogens (tertiary/aromatic N) is 2. The lowest BCUT2D eigenvalue weighted by atomic mass is 10.1. The van der Waals surface area contributed by atoms with Gasteiger partial charge in [0.25, 0.3) is 0 Å². The Morgan fingerprint density at radius 3 is 2.79 bits per heavy atom. The lowest BCUT2D eigenvalue weighted by molar-refractivity contribution is 0.589. The van der Waals surface area contributed by atoms with Crippen LogP contribution in [0.3, 0.4) is 0 Å². The summed E-state index contributed by atoms with van der Waals surface area (Å²) in [6.45, 7) is 5.65. The van der Waals surface area contributed by atoms with Crippen LogP contribution in [0.2, 0.25) is 0 Å². The van der Waals surface area contributed by atoms with Crippen molar-refractivity contribution in [3.05, 3.63) is 34.2 Å². The Labute approximate surface area is 119 Å². The summed E-state index contributed by atoms with van der Waals surface area (Å²) in [6.07, 6.45) is 0. The van der Waals surface area contributed by atoms with Crippen molar-refractivity contribution < 1.29 is 4.39 Å². The van der Waals surface area contributed by atoms with E-state index in [1.807, 2.05) is 13.0 Å². The van der Waals surface area contributed by atoms with Crippen molar-refractivity contribution in [3.8, 4) is 0 Å². The highest BCUT2D eigenvalue weighted by Crippen LogP contribution is 2.36. The SMILES string of the molecule is Cc1nc2c(F)cccc2c(N2CCNCC2)c1Br. The number of piperazine rings is 1. The van der Waals surface area contributed by atoms with Crippen LogP contribution in [0.5, 0.6) is 0 Å². The van der Waals surface area contributed by atoms with E-state index in [2.05, 4.69) is 31.1 Å². The fraction of sp³-hybridized carbons (Fsp3) is 0.357. The summed E-state index contributed by atoms with van der Waals surface area (Å²) in [5, 5.41) is 4.21. The average molecular weight is 324 g/mol. The molecule has 0 bridgehead atoms. The molecule has 1 aromatic carbocycles. The highest BCUT2D eigenvalue weighted by Gasteiger charge is 2.19. The van der Waals surface area contributed by atoms with Crippen molar-refractivity contribution in [1.82, 2.24) is 10.3 Å². The summed E-state index contributed by atoms with van der Waals surface area (Å²) < 4.78 is 14.9. The topological polar surface area (TPSA) is 28.2 Å². The number of halogens is 2. The molecule has 1 fully saturated rings. The van der Waals surface area contributed by atoms with Crippen molar-refractivity contribution in [1.29, 1.82) is 0 Å². The van der Waals surface area contributed by atoms with Crippen molar-refractivity contribution in [2.75, 3.05) is 31.1 Å². The monoisotopic (exact) mass is 323 g/mol. The highest BCUT2D eigenvalue weighted by atomic mass is 79.9.